The Labute approximate surface area is 171 Å². The number of benzene rings is 2. The number of carbonyl (C=O) groups excluding carboxylic acids is 2. The molecule has 0 saturated carbocycles. The molecule has 0 unspecified atom stereocenters. The second kappa shape index (κ2) is 9.19. The van der Waals surface area contributed by atoms with Gasteiger partial charge >= 0.3 is 11.8 Å². The fourth-order valence-corrected chi connectivity index (χ4v) is 3.42. The van der Waals surface area contributed by atoms with E-state index in [1.54, 1.807) is 6.20 Å². The van der Waals surface area contributed by atoms with Crippen LogP contribution in [-0.4, -0.2) is 27.9 Å². The van der Waals surface area contributed by atoms with Crippen molar-refractivity contribution < 1.29 is 9.59 Å². The van der Waals surface area contributed by atoms with E-state index < -0.39 is 11.8 Å². The largest absolute Gasteiger partial charge is 0.348 e. The summed E-state index contributed by atoms with van der Waals surface area (Å²) in [6.45, 7) is 6.94. The third kappa shape index (κ3) is 5.10. The lowest BCUT2D eigenvalue weighted by atomic mass is 10.1. The minimum atomic E-state index is -0.646. The van der Waals surface area contributed by atoms with Crippen molar-refractivity contribution in [2.45, 2.75) is 33.7 Å². The summed E-state index contributed by atoms with van der Waals surface area (Å²) in [6.07, 6.45) is 4.37. The van der Waals surface area contributed by atoms with Gasteiger partial charge < -0.3 is 15.2 Å². The number of hydrogen-bond acceptors (Lipinski definition) is 3. The SMILES string of the molecule is Cc1cc(C)c(NC(=O)C(=O)NCCCn2ccnc2-c2ccccc2)c(C)c1. The van der Waals surface area contributed by atoms with Gasteiger partial charge in [-0.2, -0.15) is 0 Å². The Morgan fingerprint density at radius 3 is 2.38 bits per heavy atom. The first-order valence-corrected chi connectivity index (χ1v) is 9.69. The molecule has 0 saturated heterocycles. The summed E-state index contributed by atoms with van der Waals surface area (Å²) in [5.41, 5.74) is 4.75. The van der Waals surface area contributed by atoms with Crippen LogP contribution in [0.25, 0.3) is 11.4 Å². The summed E-state index contributed by atoms with van der Waals surface area (Å²) in [6, 6.07) is 13.9. The van der Waals surface area contributed by atoms with E-state index in [4.69, 9.17) is 0 Å². The zero-order chi connectivity index (χ0) is 20.8. The number of aromatic nitrogens is 2. The van der Waals surface area contributed by atoms with E-state index in [-0.39, 0.29) is 0 Å². The quantitative estimate of drug-likeness (QED) is 0.499. The fraction of sp³-hybridized carbons (Fsp3) is 0.261. The predicted octanol–water partition coefficient (Wildman–Crippen LogP) is 3.62. The van der Waals surface area contributed by atoms with E-state index in [2.05, 4.69) is 15.6 Å². The van der Waals surface area contributed by atoms with Gasteiger partial charge in [0.1, 0.15) is 5.82 Å². The number of hydrogen-bond donors (Lipinski definition) is 2. The van der Waals surface area contributed by atoms with Gasteiger partial charge in [-0.15, -0.1) is 0 Å². The number of carbonyl (C=O) groups is 2. The van der Waals surface area contributed by atoms with Crippen LogP contribution in [-0.2, 0) is 16.1 Å². The summed E-state index contributed by atoms with van der Waals surface area (Å²) in [5, 5.41) is 5.41. The Bertz CT molecular complexity index is 986. The second-order valence-corrected chi connectivity index (χ2v) is 7.15. The van der Waals surface area contributed by atoms with Gasteiger partial charge in [-0.05, 0) is 38.3 Å². The van der Waals surface area contributed by atoms with Crippen LogP contribution in [0.3, 0.4) is 0 Å². The molecular formula is C23H26N4O2. The highest BCUT2D eigenvalue weighted by Gasteiger charge is 2.15. The molecule has 2 amide bonds. The lowest BCUT2D eigenvalue weighted by molar-refractivity contribution is -0.136. The first kappa shape index (κ1) is 20.3. The highest BCUT2D eigenvalue weighted by Crippen LogP contribution is 2.21. The van der Waals surface area contributed by atoms with Gasteiger partial charge in [0.15, 0.2) is 0 Å². The minimum Gasteiger partial charge on any atom is -0.348 e. The van der Waals surface area contributed by atoms with Gasteiger partial charge in [0.25, 0.3) is 0 Å². The van der Waals surface area contributed by atoms with Gasteiger partial charge in [0.2, 0.25) is 0 Å². The molecule has 0 spiro atoms. The van der Waals surface area contributed by atoms with E-state index in [0.29, 0.717) is 25.2 Å². The lowest BCUT2D eigenvalue weighted by Gasteiger charge is -2.13. The fourth-order valence-electron chi connectivity index (χ4n) is 3.42. The summed E-state index contributed by atoms with van der Waals surface area (Å²) in [5.74, 6) is -0.383. The molecular weight excluding hydrogens is 364 g/mol. The molecule has 0 radical (unpaired) electrons. The summed E-state index contributed by atoms with van der Waals surface area (Å²) < 4.78 is 2.04. The molecule has 6 nitrogen and oxygen atoms in total. The number of rotatable bonds is 6. The molecule has 3 rings (SSSR count). The van der Waals surface area contributed by atoms with Crippen molar-refractivity contribution in [1.82, 2.24) is 14.9 Å². The number of nitrogens with zero attached hydrogens (tertiary/aromatic N) is 2. The summed E-state index contributed by atoms with van der Waals surface area (Å²) in [4.78, 5) is 28.8. The van der Waals surface area contributed by atoms with E-state index in [9.17, 15) is 9.59 Å². The molecule has 0 aliphatic carbocycles. The number of aryl methyl sites for hydroxylation is 4. The maximum absolute atomic E-state index is 12.2. The normalized spacial score (nSPS) is 10.6. The second-order valence-electron chi connectivity index (χ2n) is 7.15. The zero-order valence-corrected chi connectivity index (χ0v) is 17.0. The van der Waals surface area contributed by atoms with Crippen molar-refractivity contribution in [2.24, 2.45) is 0 Å². The molecule has 6 heteroatoms. The van der Waals surface area contributed by atoms with E-state index >= 15 is 0 Å². The van der Waals surface area contributed by atoms with E-state index in [1.807, 2.05) is 74.0 Å². The van der Waals surface area contributed by atoms with Gasteiger partial charge in [0, 0.05) is 36.7 Å². The van der Waals surface area contributed by atoms with Crippen molar-refractivity contribution in [3.63, 3.8) is 0 Å². The zero-order valence-electron chi connectivity index (χ0n) is 17.0. The van der Waals surface area contributed by atoms with Crippen molar-refractivity contribution in [3.8, 4) is 11.4 Å². The first-order valence-electron chi connectivity index (χ1n) is 9.69. The molecule has 0 atom stereocenters. The van der Waals surface area contributed by atoms with Crippen molar-refractivity contribution in [2.75, 3.05) is 11.9 Å². The van der Waals surface area contributed by atoms with Crippen LogP contribution in [0, 0.1) is 20.8 Å². The molecule has 29 heavy (non-hydrogen) atoms. The molecule has 2 aromatic carbocycles. The molecule has 150 valence electrons. The smallest absolute Gasteiger partial charge is 0.313 e. The number of nitrogens with one attached hydrogen (secondary N) is 2. The Balaban J connectivity index is 1.50. The standard InChI is InChI=1S/C23H26N4O2/c1-16-14-17(2)20(18(3)15-16)26-23(29)22(28)25-10-7-12-27-13-11-24-21(27)19-8-5-4-6-9-19/h4-6,8-9,11,13-15H,7,10,12H2,1-3H3,(H,25,28)(H,26,29). The molecule has 2 N–H and O–H groups in total. The molecule has 0 fully saturated rings. The highest BCUT2D eigenvalue weighted by atomic mass is 16.2. The maximum Gasteiger partial charge on any atom is 0.313 e. The molecule has 3 aromatic rings. The summed E-state index contributed by atoms with van der Waals surface area (Å²) >= 11 is 0. The molecule has 1 aromatic heterocycles. The third-order valence-corrected chi connectivity index (χ3v) is 4.73. The van der Waals surface area contributed by atoms with Crippen LogP contribution in [0.15, 0.2) is 54.9 Å². The van der Waals surface area contributed by atoms with E-state index in [1.165, 1.54) is 0 Å². The molecule has 1 heterocycles. The topological polar surface area (TPSA) is 76.0 Å². The number of imidazole rings is 1. The van der Waals surface area contributed by atoms with Crippen LogP contribution >= 0.6 is 0 Å². The average molecular weight is 390 g/mol. The maximum atomic E-state index is 12.2. The molecule has 0 bridgehead atoms. The predicted molar refractivity (Wildman–Crippen MR) is 115 cm³/mol. The Morgan fingerprint density at radius 1 is 1.00 bits per heavy atom. The van der Waals surface area contributed by atoms with Crippen molar-refractivity contribution in [1.29, 1.82) is 0 Å². The number of anilines is 1. The minimum absolute atomic E-state index is 0.407. The Kier molecular flexibility index (Phi) is 6.44. The monoisotopic (exact) mass is 390 g/mol. The van der Waals surface area contributed by atoms with Gasteiger partial charge in [0.05, 0.1) is 0 Å². The molecule has 0 aliphatic rings. The van der Waals surface area contributed by atoms with Crippen LogP contribution in [0.2, 0.25) is 0 Å². The summed E-state index contributed by atoms with van der Waals surface area (Å²) in [7, 11) is 0. The van der Waals surface area contributed by atoms with Crippen LogP contribution in [0.5, 0.6) is 0 Å². The first-order chi connectivity index (χ1) is 14.0. The van der Waals surface area contributed by atoms with Gasteiger partial charge in [-0.1, -0.05) is 48.0 Å². The van der Waals surface area contributed by atoms with Crippen LogP contribution in [0.4, 0.5) is 5.69 Å². The molecule has 0 aliphatic heterocycles. The Morgan fingerprint density at radius 2 is 1.69 bits per heavy atom. The van der Waals surface area contributed by atoms with E-state index in [0.717, 1.165) is 28.1 Å². The van der Waals surface area contributed by atoms with Crippen LogP contribution in [0.1, 0.15) is 23.1 Å². The van der Waals surface area contributed by atoms with Gasteiger partial charge in [-0.3, -0.25) is 9.59 Å². The third-order valence-electron chi connectivity index (χ3n) is 4.73. The Hall–Kier alpha value is -3.41. The van der Waals surface area contributed by atoms with Crippen molar-refractivity contribution >= 4 is 17.5 Å². The average Bonchev–Trinajstić information content (AvgIpc) is 3.17. The van der Waals surface area contributed by atoms with Gasteiger partial charge in [-0.25, -0.2) is 4.98 Å². The lowest BCUT2D eigenvalue weighted by Crippen LogP contribution is -2.36. The van der Waals surface area contributed by atoms with Crippen LogP contribution < -0.4 is 10.6 Å². The van der Waals surface area contributed by atoms with Crippen molar-refractivity contribution in [3.05, 3.63) is 71.5 Å². The number of amides is 2. The highest BCUT2D eigenvalue weighted by molar-refractivity contribution is 6.39.